The molecule has 0 unspecified atom stereocenters. The van der Waals surface area contributed by atoms with Gasteiger partial charge in [-0.2, -0.15) is 0 Å². The molecule has 0 saturated carbocycles. The van der Waals surface area contributed by atoms with Gasteiger partial charge in [-0.1, -0.05) is 0 Å². The molecule has 0 fully saturated rings. The lowest BCUT2D eigenvalue weighted by Gasteiger charge is -2.24. The molecular formula is C17H23N3O2. The molecule has 2 heterocycles. The summed E-state index contributed by atoms with van der Waals surface area (Å²) in [4.78, 5) is 14.6. The Kier molecular flexibility index (Phi) is 3.93. The number of likely N-dealkylation sites (N-methyl/N-ethyl adjacent to an activating group) is 1. The van der Waals surface area contributed by atoms with Gasteiger partial charge < -0.3 is 19.9 Å². The minimum atomic E-state index is -0.282. The number of hydrogen-bond donors (Lipinski definition) is 1. The maximum atomic E-state index is 12.2. The minimum Gasteiger partial charge on any atom is -0.465 e. The number of benzene rings is 1. The van der Waals surface area contributed by atoms with Gasteiger partial charge in [0.1, 0.15) is 0 Å². The van der Waals surface area contributed by atoms with E-state index >= 15 is 0 Å². The molecule has 1 aromatic carbocycles. The number of esters is 1. The van der Waals surface area contributed by atoms with Crippen LogP contribution in [0.3, 0.4) is 0 Å². The lowest BCUT2D eigenvalue weighted by atomic mass is 10.0. The number of fused-ring (bicyclic) bond motifs is 3. The number of aromatic nitrogens is 1. The predicted octanol–water partition coefficient (Wildman–Crippen LogP) is 1.68. The number of carbonyl (C=O) groups is 1. The summed E-state index contributed by atoms with van der Waals surface area (Å²) >= 11 is 0. The molecule has 1 aliphatic heterocycles. The summed E-state index contributed by atoms with van der Waals surface area (Å²) in [7, 11) is 3.56. The van der Waals surface area contributed by atoms with Crippen molar-refractivity contribution in [2.75, 3.05) is 27.2 Å². The number of nitrogens with zero attached hydrogens (tertiary/aromatic N) is 2. The summed E-state index contributed by atoms with van der Waals surface area (Å²) in [6.45, 7) is 5.24. The van der Waals surface area contributed by atoms with Crippen LogP contribution in [-0.2, 0) is 24.2 Å². The first-order chi connectivity index (χ1) is 10.6. The van der Waals surface area contributed by atoms with Gasteiger partial charge in [0.2, 0.25) is 0 Å². The van der Waals surface area contributed by atoms with E-state index in [4.69, 9.17) is 10.5 Å². The van der Waals surface area contributed by atoms with Crippen LogP contribution >= 0.6 is 0 Å². The Bertz CT molecular complexity index is 733. The van der Waals surface area contributed by atoms with Gasteiger partial charge in [-0.15, -0.1) is 0 Å². The molecule has 0 spiro atoms. The Morgan fingerprint density at radius 3 is 2.86 bits per heavy atom. The van der Waals surface area contributed by atoms with E-state index in [1.165, 1.54) is 18.4 Å². The normalized spacial score (nSPS) is 15.1. The minimum absolute atomic E-state index is 0.282. The van der Waals surface area contributed by atoms with Crippen LogP contribution in [0, 0.1) is 6.92 Å². The third kappa shape index (κ3) is 2.30. The SMILES string of the molecule is COC(=O)c1cc(C)cc2c3c(n(CCN)c12)CCN(C)C3. The second kappa shape index (κ2) is 5.74. The predicted molar refractivity (Wildman–Crippen MR) is 87.1 cm³/mol. The van der Waals surface area contributed by atoms with Gasteiger partial charge in [0.25, 0.3) is 0 Å². The van der Waals surface area contributed by atoms with Crippen LogP contribution in [0.4, 0.5) is 0 Å². The number of methoxy groups -OCH3 is 1. The lowest BCUT2D eigenvalue weighted by molar-refractivity contribution is 0.0602. The maximum Gasteiger partial charge on any atom is 0.340 e. The molecule has 118 valence electrons. The fourth-order valence-corrected chi connectivity index (χ4v) is 3.50. The average molecular weight is 301 g/mol. The smallest absolute Gasteiger partial charge is 0.340 e. The molecule has 0 saturated heterocycles. The Labute approximate surface area is 130 Å². The fraction of sp³-hybridized carbons (Fsp3) is 0.471. The standard InChI is InChI=1S/C17H23N3O2/c1-11-8-12-14-10-19(2)6-4-15(14)20(7-5-18)16(12)13(9-11)17(21)22-3/h8-9H,4-7,10,18H2,1-3H3. The lowest BCUT2D eigenvalue weighted by Crippen LogP contribution is -2.27. The Morgan fingerprint density at radius 1 is 1.41 bits per heavy atom. The molecule has 5 heteroatoms. The molecule has 1 aliphatic rings. The number of hydrogen-bond acceptors (Lipinski definition) is 4. The molecule has 5 nitrogen and oxygen atoms in total. The molecule has 0 amide bonds. The van der Waals surface area contributed by atoms with Crippen LogP contribution in [0.25, 0.3) is 10.9 Å². The van der Waals surface area contributed by atoms with E-state index in [1.807, 2.05) is 13.0 Å². The van der Waals surface area contributed by atoms with E-state index < -0.39 is 0 Å². The first-order valence-corrected chi connectivity index (χ1v) is 7.68. The van der Waals surface area contributed by atoms with Gasteiger partial charge in [-0.05, 0) is 37.2 Å². The van der Waals surface area contributed by atoms with Crippen molar-refractivity contribution >= 4 is 16.9 Å². The summed E-state index contributed by atoms with van der Waals surface area (Å²) < 4.78 is 7.22. The third-order valence-electron chi connectivity index (χ3n) is 4.44. The first-order valence-electron chi connectivity index (χ1n) is 7.68. The molecule has 2 N–H and O–H groups in total. The molecule has 3 rings (SSSR count). The Morgan fingerprint density at radius 2 is 2.18 bits per heavy atom. The van der Waals surface area contributed by atoms with Crippen LogP contribution in [0.15, 0.2) is 12.1 Å². The highest BCUT2D eigenvalue weighted by Crippen LogP contribution is 2.33. The van der Waals surface area contributed by atoms with E-state index in [0.717, 1.165) is 42.5 Å². The summed E-state index contributed by atoms with van der Waals surface area (Å²) in [6.07, 6.45) is 0.986. The monoisotopic (exact) mass is 301 g/mol. The highest BCUT2D eigenvalue weighted by Gasteiger charge is 2.25. The Balaban J connectivity index is 2.35. The zero-order chi connectivity index (χ0) is 15.9. The number of rotatable bonds is 3. The van der Waals surface area contributed by atoms with Crippen LogP contribution in [0.5, 0.6) is 0 Å². The van der Waals surface area contributed by atoms with Crippen molar-refractivity contribution < 1.29 is 9.53 Å². The fourth-order valence-electron chi connectivity index (χ4n) is 3.50. The van der Waals surface area contributed by atoms with Gasteiger partial charge in [-0.3, -0.25) is 0 Å². The van der Waals surface area contributed by atoms with Crippen LogP contribution in [0.1, 0.15) is 27.2 Å². The van der Waals surface area contributed by atoms with Gasteiger partial charge >= 0.3 is 5.97 Å². The van der Waals surface area contributed by atoms with Crippen LogP contribution in [-0.4, -0.2) is 42.7 Å². The van der Waals surface area contributed by atoms with Gasteiger partial charge in [-0.25, -0.2) is 4.79 Å². The number of nitrogens with two attached hydrogens (primary N) is 1. The van der Waals surface area contributed by atoms with Crippen molar-refractivity contribution in [3.05, 3.63) is 34.5 Å². The highest BCUT2D eigenvalue weighted by atomic mass is 16.5. The highest BCUT2D eigenvalue weighted by molar-refractivity contribution is 6.05. The summed E-state index contributed by atoms with van der Waals surface area (Å²) in [5.74, 6) is -0.282. The number of ether oxygens (including phenoxy) is 1. The summed E-state index contributed by atoms with van der Waals surface area (Å²) in [6, 6.07) is 4.09. The average Bonchev–Trinajstić information content (AvgIpc) is 2.80. The molecule has 0 atom stereocenters. The molecule has 0 radical (unpaired) electrons. The van der Waals surface area contributed by atoms with E-state index in [9.17, 15) is 4.79 Å². The first kappa shape index (κ1) is 15.1. The van der Waals surface area contributed by atoms with Crippen molar-refractivity contribution in [1.82, 2.24) is 9.47 Å². The van der Waals surface area contributed by atoms with Crippen LogP contribution < -0.4 is 5.73 Å². The summed E-state index contributed by atoms with van der Waals surface area (Å²) in [5.41, 5.74) is 11.1. The molecule has 22 heavy (non-hydrogen) atoms. The van der Waals surface area contributed by atoms with Crippen molar-refractivity contribution in [3.63, 3.8) is 0 Å². The van der Waals surface area contributed by atoms with Crippen molar-refractivity contribution in [3.8, 4) is 0 Å². The molecule has 0 aliphatic carbocycles. The van der Waals surface area contributed by atoms with Crippen molar-refractivity contribution in [2.45, 2.75) is 26.4 Å². The van der Waals surface area contributed by atoms with Crippen LogP contribution in [0.2, 0.25) is 0 Å². The Hall–Kier alpha value is -1.85. The van der Waals surface area contributed by atoms with E-state index in [-0.39, 0.29) is 5.97 Å². The van der Waals surface area contributed by atoms with Gasteiger partial charge in [0, 0.05) is 43.7 Å². The number of carbonyl (C=O) groups excluding carboxylic acids is 1. The molecular weight excluding hydrogens is 278 g/mol. The second-order valence-electron chi connectivity index (χ2n) is 6.05. The second-order valence-corrected chi connectivity index (χ2v) is 6.05. The molecule has 1 aromatic heterocycles. The third-order valence-corrected chi connectivity index (χ3v) is 4.44. The topological polar surface area (TPSA) is 60.5 Å². The van der Waals surface area contributed by atoms with Gasteiger partial charge in [0.15, 0.2) is 0 Å². The summed E-state index contributed by atoms with van der Waals surface area (Å²) in [5, 5.41) is 1.16. The zero-order valence-electron chi connectivity index (χ0n) is 13.5. The van der Waals surface area contributed by atoms with E-state index in [1.54, 1.807) is 0 Å². The number of aryl methyl sites for hydroxylation is 1. The van der Waals surface area contributed by atoms with Crippen molar-refractivity contribution in [2.24, 2.45) is 5.73 Å². The molecule has 2 aromatic rings. The maximum absolute atomic E-state index is 12.2. The van der Waals surface area contributed by atoms with Gasteiger partial charge in [0.05, 0.1) is 18.2 Å². The van der Waals surface area contributed by atoms with Crippen molar-refractivity contribution in [1.29, 1.82) is 0 Å². The van der Waals surface area contributed by atoms with E-state index in [0.29, 0.717) is 12.1 Å². The molecule has 0 bridgehead atoms. The largest absolute Gasteiger partial charge is 0.465 e. The quantitative estimate of drug-likeness (QED) is 0.876. The van der Waals surface area contributed by atoms with E-state index in [2.05, 4.69) is 22.6 Å². The zero-order valence-corrected chi connectivity index (χ0v) is 13.5.